The number of hydrogen-bond donors (Lipinski definition) is 1. The molecule has 5 nitrogen and oxygen atoms in total. The lowest BCUT2D eigenvalue weighted by molar-refractivity contribution is -0.116. The fraction of sp³-hybridized carbons (Fsp3) is 0.269. The number of fused-ring (bicyclic) bond motifs is 5. The van der Waals surface area contributed by atoms with Gasteiger partial charge in [0.05, 0.1) is 11.7 Å². The van der Waals surface area contributed by atoms with E-state index in [1.165, 1.54) is 12.1 Å². The topological polar surface area (TPSA) is 62.3 Å². The third-order valence-electron chi connectivity index (χ3n) is 6.38. The van der Waals surface area contributed by atoms with E-state index in [2.05, 4.69) is 26.2 Å². The molecule has 2 aromatic carbocycles. The van der Waals surface area contributed by atoms with Crippen LogP contribution in [-0.4, -0.2) is 28.2 Å². The number of carbonyl (C=O) groups excluding carboxylic acids is 2. The first-order valence-corrected chi connectivity index (χ1v) is 11.9. The van der Waals surface area contributed by atoms with Crippen LogP contribution in [0.1, 0.15) is 53.3 Å². The van der Waals surface area contributed by atoms with Crippen molar-refractivity contribution in [2.24, 2.45) is 0 Å². The van der Waals surface area contributed by atoms with Crippen molar-refractivity contribution >= 4 is 33.4 Å². The molecule has 0 spiro atoms. The zero-order valence-corrected chi connectivity index (χ0v) is 19.6. The van der Waals surface area contributed by atoms with Crippen molar-refractivity contribution in [3.05, 3.63) is 81.8 Å². The molecule has 2 amide bonds. The average molecular weight is 508 g/mol. The van der Waals surface area contributed by atoms with Gasteiger partial charge in [0.1, 0.15) is 5.82 Å². The number of nitrogens with zero attached hydrogens (tertiary/aromatic N) is 2. The minimum atomic E-state index is -0.376. The van der Waals surface area contributed by atoms with Gasteiger partial charge in [0.2, 0.25) is 5.91 Å². The minimum Gasteiger partial charge on any atom is -0.330 e. The summed E-state index contributed by atoms with van der Waals surface area (Å²) in [5.74, 6) is -0.473. The van der Waals surface area contributed by atoms with Crippen molar-refractivity contribution in [2.45, 2.75) is 38.1 Å². The average Bonchev–Trinajstić information content (AvgIpc) is 2.80. The number of benzene rings is 2. The summed E-state index contributed by atoms with van der Waals surface area (Å²) in [5.41, 5.74) is 4.48. The fourth-order valence-electron chi connectivity index (χ4n) is 4.73. The zero-order valence-electron chi connectivity index (χ0n) is 18.0. The second-order valence-corrected chi connectivity index (χ2v) is 9.43. The molecule has 3 aromatic rings. The van der Waals surface area contributed by atoms with Crippen molar-refractivity contribution in [3.63, 3.8) is 0 Å². The summed E-state index contributed by atoms with van der Waals surface area (Å²) >= 11 is 3.49. The van der Waals surface area contributed by atoms with Crippen molar-refractivity contribution in [1.29, 1.82) is 0 Å². The molecule has 0 saturated carbocycles. The predicted molar refractivity (Wildman–Crippen MR) is 128 cm³/mol. The lowest BCUT2D eigenvalue weighted by atomic mass is 9.93. The van der Waals surface area contributed by atoms with Gasteiger partial charge in [-0.25, -0.2) is 4.39 Å². The molecular weight excluding hydrogens is 485 g/mol. The highest BCUT2D eigenvalue weighted by atomic mass is 79.9. The van der Waals surface area contributed by atoms with Crippen LogP contribution in [0.4, 0.5) is 10.1 Å². The molecule has 2 bridgehead atoms. The Morgan fingerprint density at radius 3 is 2.76 bits per heavy atom. The number of pyridine rings is 1. The van der Waals surface area contributed by atoms with Crippen LogP contribution in [0.15, 0.2) is 59.2 Å². The van der Waals surface area contributed by atoms with E-state index in [9.17, 15) is 14.0 Å². The van der Waals surface area contributed by atoms with Crippen LogP contribution in [-0.2, 0) is 11.2 Å². The Bertz CT molecular complexity index is 1250. The first-order valence-electron chi connectivity index (χ1n) is 11.1. The van der Waals surface area contributed by atoms with E-state index in [1.54, 1.807) is 12.3 Å². The van der Waals surface area contributed by atoms with Crippen molar-refractivity contribution in [2.75, 3.05) is 11.9 Å². The Labute approximate surface area is 200 Å². The molecule has 0 saturated heterocycles. The van der Waals surface area contributed by atoms with Gasteiger partial charge in [0.25, 0.3) is 5.91 Å². The van der Waals surface area contributed by atoms with E-state index >= 15 is 0 Å². The maximum Gasteiger partial charge on any atom is 0.254 e. The van der Waals surface area contributed by atoms with Crippen molar-refractivity contribution < 1.29 is 14.0 Å². The molecule has 7 heteroatoms. The molecule has 5 rings (SSSR count). The van der Waals surface area contributed by atoms with Crippen LogP contribution in [0.25, 0.3) is 11.1 Å². The van der Waals surface area contributed by atoms with Gasteiger partial charge in [-0.05, 0) is 78.9 Å². The van der Waals surface area contributed by atoms with E-state index in [0.717, 1.165) is 39.7 Å². The first kappa shape index (κ1) is 21.8. The smallest absolute Gasteiger partial charge is 0.254 e. The standard InChI is InChI=1S/C26H23BrFN3O2/c27-18-5-7-20-17(13-18)10-12-31(26(20)33)24-3-1-2-4-25(32)30-22-8-6-19(28)15-21(22)16-9-11-29-23(24)14-16/h5-9,11,13-15,24H,1-4,10,12H2,(H,30,32)/t24-/m0/s1. The summed E-state index contributed by atoms with van der Waals surface area (Å²) in [5, 5.41) is 2.92. The van der Waals surface area contributed by atoms with Crippen molar-refractivity contribution in [3.8, 4) is 11.1 Å². The van der Waals surface area contributed by atoms with E-state index < -0.39 is 0 Å². The monoisotopic (exact) mass is 507 g/mol. The largest absolute Gasteiger partial charge is 0.330 e. The maximum atomic E-state index is 14.1. The maximum absolute atomic E-state index is 14.1. The fourth-order valence-corrected chi connectivity index (χ4v) is 5.14. The number of hydrogen-bond acceptors (Lipinski definition) is 3. The van der Waals surface area contributed by atoms with E-state index in [0.29, 0.717) is 37.1 Å². The van der Waals surface area contributed by atoms with Gasteiger partial charge >= 0.3 is 0 Å². The zero-order chi connectivity index (χ0) is 22.9. The highest BCUT2D eigenvalue weighted by Crippen LogP contribution is 2.35. The van der Waals surface area contributed by atoms with Crippen LogP contribution in [0.3, 0.4) is 0 Å². The number of anilines is 1. The van der Waals surface area contributed by atoms with Crippen LogP contribution >= 0.6 is 15.9 Å². The second-order valence-electron chi connectivity index (χ2n) is 8.52. The molecule has 168 valence electrons. The molecule has 0 radical (unpaired) electrons. The third-order valence-corrected chi connectivity index (χ3v) is 6.87. The summed E-state index contributed by atoms with van der Waals surface area (Å²) in [7, 11) is 0. The molecule has 2 aliphatic heterocycles. The third kappa shape index (κ3) is 4.42. The van der Waals surface area contributed by atoms with Crippen LogP contribution in [0.5, 0.6) is 0 Å². The Morgan fingerprint density at radius 1 is 1.00 bits per heavy atom. The predicted octanol–water partition coefficient (Wildman–Crippen LogP) is 5.90. The Morgan fingerprint density at radius 2 is 1.88 bits per heavy atom. The summed E-state index contributed by atoms with van der Waals surface area (Å²) in [6.07, 6.45) is 5.03. The molecule has 0 aliphatic carbocycles. The number of carbonyl (C=O) groups is 2. The van der Waals surface area contributed by atoms with Crippen LogP contribution in [0.2, 0.25) is 0 Å². The van der Waals surface area contributed by atoms with Gasteiger partial charge in [0.15, 0.2) is 0 Å². The minimum absolute atomic E-state index is 0.00256. The highest BCUT2D eigenvalue weighted by molar-refractivity contribution is 9.10. The van der Waals surface area contributed by atoms with Gasteiger partial charge in [-0.1, -0.05) is 22.4 Å². The summed E-state index contributed by atoms with van der Waals surface area (Å²) in [4.78, 5) is 32.5. The molecule has 33 heavy (non-hydrogen) atoms. The molecule has 3 heterocycles. The normalized spacial score (nSPS) is 18.5. The number of amides is 2. The van der Waals surface area contributed by atoms with Gasteiger partial charge in [0, 0.05) is 40.4 Å². The number of nitrogens with one attached hydrogen (secondary N) is 1. The van der Waals surface area contributed by atoms with Crippen LogP contribution in [0, 0.1) is 5.82 Å². The number of rotatable bonds is 1. The van der Waals surface area contributed by atoms with Gasteiger partial charge in [-0.2, -0.15) is 0 Å². The summed E-state index contributed by atoms with van der Waals surface area (Å²) < 4.78 is 15.1. The van der Waals surface area contributed by atoms with Gasteiger partial charge in [-0.3, -0.25) is 14.6 Å². The number of halogens is 2. The molecular formula is C26H23BrFN3O2. The summed E-state index contributed by atoms with van der Waals surface area (Å²) in [6.45, 7) is 0.602. The quantitative estimate of drug-likeness (QED) is 0.445. The second kappa shape index (κ2) is 9.06. The molecule has 1 aromatic heterocycles. The van der Waals surface area contributed by atoms with E-state index in [1.807, 2.05) is 35.2 Å². The van der Waals surface area contributed by atoms with Gasteiger partial charge < -0.3 is 10.2 Å². The Balaban J connectivity index is 1.57. The number of aromatic nitrogens is 1. The van der Waals surface area contributed by atoms with Crippen LogP contribution < -0.4 is 5.32 Å². The molecule has 0 unspecified atom stereocenters. The van der Waals surface area contributed by atoms with E-state index in [4.69, 9.17) is 0 Å². The first-order chi connectivity index (χ1) is 16.0. The van der Waals surface area contributed by atoms with Crippen molar-refractivity contribution in [1.82, 2.24) is 9.88 Å². The lowest BCUT2D eigenvalue weighted by Gasteiger charge is -2.35. The Hall–Kier alpha value is -3.06. The Kier molecular flexibility index (Phi) is 5.98. The highest BCUT2D eigenvalue weighted by Gasteiger charge is 2.32. The SMILES string of the molecule is O=C1CCCC[C@H](N2CCc3cc(Br)ccc3C2=O)c2cc(ccn2)-c2cc(F)ccc2N1. The molecule has 2 aliphatic rings. The lowest BCUT2D eigenvalue weighted by Crippen LogP contribution is -2.40. The van der Waals surface area contributed by atoms with E-state index in [-0.39, 0.29) is 23.7 Å². The van der Waals surface area contributed by atoms with Gasteiger partial charge in [-0.15, -0.1) is 0 Å². The molecule has 1 atom stereocenters. The molecule has 0 fully saturated rings. The summed E-state index contributed by atoms with van der Waals surface area (Å²) in [6, 6.07) is 13.6. The molecule has 1 N–H and O–H groups in total.